The number of hydrogen-bond donors (Lipinski definition) is 1. The number of aromatic nitrogens is 1. The van der Waals surface area contributed by atoms with E-state index in [9.17, 15) is 31.2 Å². The van der Waals surface area contributed by atoms with Crippen molar-refractivity contribution in [2.75, 3.05) is 11.5 Å². The molecule has 0 saturated carbocycles. The van der Waals surface area contributed by atoms with Gasteiger partial charge in [0.25, 0.3) is 5.56 Å². The largest absolute Gasteiger partial charge is 0.417 e. The summed E-state index contributed by atoms with van der Waals surface area (Å²) in [6.45, 7) is -0.598. The van der Waals surface area contributed by atoms with E-state index in [1.54, 1.807) is 0 Å². The van der Waals surface area contributed by atoms with Crippen molar-refractivity contribution in [1.29, 1.82) is 0 Å². The number of pyridine rings is 1. The van der Waals surface area contributed by atoms with Gasteiger partial charge in [-0.2, -0.15) is 13.2 Å². The van der Waals surface area contributed by atoms with Crippen LogP contribution in [-0.4, -0.2) is 36.4 Å². The molecule has 0 aliphatic carbocycles. The zero-order valence-electron chi connectivity index (χ0n) is 11.3. The second-order valence-electron chi connectivity index (χ2n) is 5.05. The van der Waals surface area contributed by atoms with E-state index in [0.29, 0.717) is 16.8 Å². The second-order valence-corrected chi connectivity index (χ2v) is 7.28. The summed E-state index contributed by atoms with van der Waals surface area (Å²) >= 11 is 0. The van der Waals surface area contributed by atoms with Crippen LogP contribution >= 0.6 is 0 Å². The lowest BCUT2D eigenvalue weighted by atomic mass is 10.2. The Bertz CT molecular complexity index is 739. The Morgan fingerprint density at radius 2 is 2.05 bits per heavy atom. The highest BCUT2D eigenvalue weighted by molar-refractivity contribution is 7.91. The van der Waals surface area contributed by atoms with Gasteiger partial charge in [-0.3, -0.25) is 9.59 Å². The fourth-order valence-electron chi connectivity index (χ4n) is 2.16. The first-order valence-electron chi connectivity index (χ1n) is 6.34. The van der Waals surface area contributed by atoms with Crippen LogP contribution < -0.4 is 10.9 Å². The average Bonchev–Trinajstić information content (AvgIpc) is 2.70. The van der Waals surface area contributed by atoms with Gasteiger partial charge in [0.15, 0.2) is 9.84 Å². The molecule has 0 bridgehead atoms. The summed E-state index contributed by atoms with van der Waals surface area (Å²) in [4.78, 5) is 23.2. The first kappa shape index (κ1) is 16.5. The van der Waals surface area contributed by atoms with E-state index in [1.165, 1.54) is 0 Å². The van der Waals surface area contributed by atoms with Gasteiger partial charge in [-0.25, -0.2) is 8.42 Å². The van der Waals surface area contributed by atoms with Crippen molar-refractivity contribution in [2.45, 2.75) is 25.2 Å². The molecule has 1 atom stereocenters. The minimum absolute atomic E-state index is 0.0402. The van der Waals surface area contributed by atoms with E-state index in [-0.39, 0.29) is 17.9 Å². The van der Waals surface area contributed by atoms with E-state index in [1.807, 2.05) is 0 Å². The number of amides is 1. The Kier molecular flexibility index (Phi) is 4.32. The molecule has 6 nitrogen and oxygen atoms in total. The number of hydrogen-bond acceptors (Lipinski definition) is 4. The predicted octanol–water partition coefficient (Wildman–Crippen LogP) is 0.170. The van der Waals surface area contributed by atoms with Crippen LogP contribution in [0.1, 0.15) is 12.0 Å². The third-order valence-electron chi connectivity index (χ3n) is 3.22. The normalized spacial score (nSPS) is 20.8. The molecule has 2 rings (SSSR count). The summed E-state index contributed by atoms with van der Waals surface area (Å²) in [7, 11) is -3.18. The highest BCUT2D eigenvalue weighted by Gasteiger charge is 2.32. The number of nitrogens with zero attached hydrogens (tertiary/aromatic N) is 1. The minimum Gasteiger partial charge on any atom is -0.351 e. The molecule has 1 N–H and O–H groups in total. The van der Waals surface area contributed by atoms with E-state index in [2.05, 4.69) is 5.32 Å². The van der Waals surface area contributed by atoms with Crippen molar-refractivity contribution in [1.82, 2.24) is 9.88 Å². The standard InChI is InChI=1S/C12H13F3N2O4S/c13-12(14,15)8-1-2-11(19)17(5-8)6-10(18)16-9-3-4-22(20,21)7-9/h1-2,5,9H,3-4,6-7H2,(H,16,18). The monoisotopic (exact) mass is 338 g/mol. The molecule has 1 aromatic rings. The Hall–Kier alpha value is -1.84. The number of sulfone groups is 1. The molecule has 2 heterocycles. The summed E-state index contributed by atoms with van der Waals surface area (Å²) in [5.41, 5.74) is -1.79. The van der Waals surface area contributed by atoms with E-state index in [0.717, 1.165) is 6.07 Å². The van der Waals surface area contributed by atoms with Gasteiger partial charge in [0.1, 0.15) is 6.54 Å². The van der Waals surface area contributed by atoms with Gasteiger partial charge in [0, 0.05) is 18.3 Å². The zero-order valence-corrected chi connectivity index (χ0v) is 12.1. The maximum absolute atomic E-state index is 12.6. The third-order valence-corrected chi connectivity index (χ3v) is 4.99. The van der Waals surface area contributed by atoms with Crippen LogP contribution in [0.25, 0.3) is 0 Å². The summed E-state index contributed by atoms with van der Waals surface area (Å²) in [5, 5.41) is 2.41. The van der Waals surface area contributed by atoms with Gasteiger partial charge >= 0.3 is 6.18 Å². The van der Waals surface area contributed by atoms with Crippen molar-refractivity contribution in [2.24, 2.45) is 0 Å². The third kappa shape index (κ3) is 4.09. The van der Waals surface area contributed by atoms with Crippen LogP contribution in [0.4, 0.5) is 13.2 Å². The van der Waals surface area contributed by atoms with Crippen LogP contribution in [-0.2, 0) is 27.4 Å². The number of carbonyl (C=O) groups excluding carboxylic acids is 1. The minimum atomic E-state index is -4.62. The van der Waals surface area contributed by atoms with Gasteiger partial charge in [0.2, 0.25) is 5.91 Å². The number of nitrogens with one attached hydrogen (secondary N) is 1. The van der Waals surface area contributed by atoms with Gasteiger partial charge < -0.3 is 9.88 Å². The van der Waals surface area contributed by atoms with Gasteiger partial charge in [-0.15, -0.1) is 0 Å². The molecule has 1 amide bonds. The molecule has 1 aromatic heterocycles. The van der Waals surface area contributed by atoms with Crippen molar-refractivity contribution >= 4 is 15.7 Å². The fourth-order valence-corrected chi connectivity index (χ4v) is 3.83. The molecule has 0 radical (unpaired) electrons. The molecule has 1 saturated heterocycles. The average molecular weight is 338 g/mol. The molecule has 1 fully saturated rings. The first-order chi connectivity index (χ1) is 10.1. The van der Waals surface area contributed by atoms with E-state index < -0.39 is 45.6 Å². The summed E-state index contributed by atoms with van der Waals surface area (Å²) in [5.74, 6) is -0.943. The molecule has 122 valence electrons. The fraction of sp³-hybridized carbons (Fsp3) is 0.500. The number of halogens is 3. The summed E-state index contributed by atoms with van der Waals surface area (Å²) in [6, 6.07) is 0.801. The van der Waals surface area contributed by atoms with Crippen molar-refractivity contribution < 1.29 is 26.4 Å². The Morgan fingerprint density at radius 1 is 1.36 bits per heavy atom. The van der Waals surface area contributed by atoms with Crippen LogP contribution in [0.5, 0.6) is 0 Å². The summed E-state index contributed by atoms with van der Waals surface area (Å²) < 4.78 is 60.9. The molecule has 1 aliphatic rings. The molecule has 1 aliphatic heterocycles. The second kappa shape index (κ2) is 5.75. The van der Waals surface area contributed by atoms with Gasteiger partial charge in [-0.05, 0) is 12.5 Å². The SMILES string of the molecule is O=C(Cn1cc(C(F)(F)F)ccc1=O)NC1CCS(=O)(=O)C1. The predicted molar refractivity (Wildman–Crippen MR) is 70.9 cm³/mol. The topological polar surface area (TPSA) is 85.2 Å². The summed E-state index contributed by atoms with van der Waals surface area (Å²) in [6.07, 6.45) is -3.80. The number of carbonyl (C=O) groups is 1. The van der Waals surface area contributed by atoms with Crippen molar-refractivity contribution in [3.63, 3.8) is 0 Å². The Morgan fingerprint density at radius 3 is 2.59 bits per heavy atom. The lowest BCUT2D eigenvalue weighted by molar-refractivity contribution is -0.138. The molecule has 22 heavy (non-hydrogen) atoms. The smallest absolute Gasteiger partial charge is 0.351 e. The lowest BCUT2D eigenvalue weighted by Gasteiger charge is -2.13. The maximum Gasteiger partial charge on any atom is 0.417 e. The van der Waals surface area contributed by atoms with Crippen molar-refractivity contribution in [3.8, 4) is 0 Å². The molecule has 1 unspecified atom stereocenters. The number of rotatable bonds is 3. The van der Waals surface area contributed by atoms with Crippen LogP contribution in [0, 0.1) is 0 Å². The molecular weight excluding hydrogens is 325 g/mol. The van der Waals surface area contributed by atoms with Crippen LogP contribution in [0.15, 0.2) is 23.1 Å². The molecule has 0 aromatic carbocycles. The van der Waals surface area contributed by atoms with E-state index >= 15 is 0 Å². The highest BCUT2D eigenvalue weighted by Crippen LogP contribution is 2.27. The van der Waals surface area contributed by atoms with Gasteiger partial charge in [-0.1, -0.05) is 0 Å². The van der Waals surface area contributed by atoms with Crippen LogP contribution in [0.2, 0.25) is 0 Å². The van der Waals surface area contributed by atoms with E-state index in [4.69, 9.17) is 0 Å². The van der Waals surface area contributed by atoms with Gasteiger partial charge in [0.05, 0.1) is 17.1 Å². The molecule has 0 spiro atoms. The Balaban J connectivity index is 2.07. The van der Waals surface area contributed by atoms with Crippen LogP contribution in [0.3, 0.4) is 0 Å². The number of alkyl halides is 3. The van der Waals surface area contributed by atoms with Crippen molar-refractivity contribution in [3.05, 3.63) is 34.2 Å². The maximum atomic E-state index is 12.6. The zero-order chi connectivity index (χ0) is 16.5. The quantitative estimate of drug-likeness (QED) is 0.851. The Labute approximate surface area is 123 Å². The first-order valence-corrected chi connectivity index (χ1v) is 8.16. The lowest BCUT2D eigenvalue weighted by Crippen LogP contribution is -2.39. The molecule has 10 heteroatoms. The molecular formula is C12H13F3N2O4S. The highest BCUT2D eigenvalue weighted by atomic mass is 32.2.